The van der Waals surface area contributed by atoms with Crippen LogP contribution in [0.2, 0.25) is 5.02 Å². The van der Waals surface area contributed by atoms with Gasteiger partial charge in [0.25, 0.3) is 5.91 Å². The molecule has 1 atom stereocenters. The van der Waals surface area contributed by atoms with Gasteiger partial charge in [0, 0.05) is 5.92 Å². The zero-order valence-electron chi connectivity index (χ0n) is 12.9. The number of hydrogen-bond donors (Lipinski definition) is 1. The lowest BCUT2D eigenvalue weighted by Gasteiger charge is -2.15. The molecular formula is C17H17ClFN3O. The van der Waals surface area contributed by atoms with Crippen LogP contribution in [0.25, 0.3) is 0 Å². The number of carbonyl (C=O) groups is 1. The summed E-state index contributed by atoms with van der Waals surface area (Å²) in [5.41, 5.74) is 2.07. The van der Waals surface area contributed by atoms with Crippen molar-refractivity contribution in [2.75, 3.05) is 0 Å². The predicted molar refractivity (Wildman–Crippen MR) is 86.1 cm³/mol. The van der Waals surface area contributed by atoms with Crippen LogP contribution >= 0.6 is 11.6 Å². The van der Waals surface area contributed by atoms with Crippen molar-refractivity contribution in [2.24, 2.45) is 0 Å². The van der Waals surface area contributed by atoms with Gasteiger partial charge in [0.15, 0.2) is 0 Å². The van der Waals surface area contributed by atoms with Crippen molar-refractivity contribution in [3.63, 3.8) is 0 Å². The molecule has 0 saturated heterocycles. The molecule has 0 saturated carbocycles. The fraction of sp³-hybridized carbons (Fsp3) is 0.353. The Morgan fingerprint density at radius 1 is 1.43 bits per heavy atom. The van der Waals surface area contributed by atoms with Crippen LogP contribution < -0.4 is 5.32 Å². The van der Waals surface area contributed by atoms with Crippen LogP contribution in [0.4, 0.5) is 4.39 Å². The Hall–Kier alpha value is -2.01. The fourth-order valence-corrected chi connectivity index (χ4v) is 2.96. The molecule has 120 valence electrons. The maximum Gasteiger partial charge on any atom is 0.272 e. The van der Waals surface area contributed by atoms with Gasteiger partial charge in [-0.05, 0) is 36.1 Å². The van der Waals surface area contributed by atoms with E-state index in [1.165, 1.54) is 18.3 Å². The number of benzene rings is 1. The summed E-state index contributed by atoms with van der Waals surface area (Å²) < 4.78 is 13.3. The average molecular weight is 334 g/mol. The Bertz CT molecular complexity index is 763. The van der Waals surface area contributed by atoms with E-state index in [1.807, 2.05) is 13.8 Å². The highest BCUT2D eigenvalue weighted by molar-refractivity contribution is 6.33. The van der Waals surface area contributed by atoms with Crippen LogP contribution in [-0.2, 0) is 6.42 Å². The number of nitrogens with one attached hydrogen (secondary N) is 1. The van der Waals surface area contributed by atoms with Gasteiger partial charge < -0.3 is 5.32 Å². The van der Waals surface area contributed by atoms with Crippen LogP contribution in [0.15, 0.2) is 24.4 Å². The lowest BCUT2D eigenvalue weighted by Crippen LogP contribution is -2.28. The van der Waals surface area contributed by atoms with Crippen molar-refractivity contribution in [1.82, 2.24) is 15.3 Å². The third kappa shape index (κ3) is 3.20. The van der Waals surface area contributed by atoms with E-state index >= 15 is 0 Å². The molecule has 1 aliphatic rings. The number of hydrogen-bond acceptors (Lipinski definition) is 3. The van der Waals surface area contributed by atoms with E-state index in [2.05, 4.69) is 15.3 Å². The van der Waals surface area contributed by atoms with Gasteiger partial charge in [-0.1, -0.05) is 31.5 Å². The Morgan fingerprint density at radius 3 is 2.96 bits per heavy atom. The highest BCUT2D eigenvalue weighted by atomic mass is 35.5. The highest BCUT2D eigenvalue weighted by Gasteiger charge is 2.26. The molecule has 4 nitrogen and oxygen atoms in total. The summed E-state index contributed by atoms with van der Waals surface area (Å²) in [4.78, 5) is 20.9. The maximum atomic E-state index is 13.3. The molecule has 6 heteroatoms. The molecule has 1 unspecified atom stereocenters. The van der Waals surface area contributed by atoms with Crippen LogP contribution in [0, 0.1) is 5.82 Å². The molecular weight excluding hydrogens is 317 g/mol. The summed E-state index contributed by atoms with van der Waals surface area (Å²) in [6.07, 6.45) is 2.94. The zero-order valence-corrected chi connectivity index (χ0v) is 13.7. The van der Waals surface area contributed by atoms with E-state index in [4.69, 9.17) is 11.6 Å². The quantitative estimate of drug-likeness (QED) is 0.929. The molecule has 0 radical (unpaired) electrons. The normalized spacial score (nSPS) is 16.5. The summed E-state index contributed by atoms with van der Waals surface area (Å²) >= 11 is 6.07. The molecule has 23 heavy (non-hydrogen) atoms. The number of aryl methyl sites for hydroxylation is 1. The van der Waals surface area contributed by atoms with Crippen LogP contribution in [0.5, 0.6) is 0 Å². The first-order chi connectivity index (χ1) is 11.0. The topological polar surface area (TPSA) is 54.9 Å². The van der Waals surface area contributed by atoms with E-state index in [9.17, 15) is 9.18 Å². The summed E-state index contributed by atoms with van der Waals surface area (Å²) in [5, 5.41) is 3.17. The zero-order chi connectivity index (χ0) is 16.6. The fourth-order valence-electron chi connectivity index (χ4n) is 2.78. The Balaban J connectivity index is 1.83. The van der Waals surface area contributed by atoms with Crippen molar-refractivity contribution in [1.29, 1.82) is 0 Å². The number of aromatic nitrogens is 2. The molecule has 0 spiro atoms. The third-order valence-electron chi connectivity index (χ3n) is 3.98. The Morgan fingerprint density at radius 2 is 2.22 bits per heavy atom. The van der Waals surface area contributed by atoms with Gasteiger partial charge in [-0.2, -0.15) is 0 Å². The van der Waals surface area contributed by atoms with E-state index in [0.29, 0.717) is 5.82 Å². The summed E-state index contributed by atoms with van der Waals surface area (Å²) in [7, 11) is 0. The number of halogens is 2. The molecule has 1 heterocycles. The number of rotatable bonds is 3. The first-order valence-corrected chi connectivity index (χ1v) is 7.95. The Kier molecular flexibility index (Phi) is 4.31. The van der Waals surface area contributed by atoms with Gasteiger partial charge in [-0.25, -0.2) is 14.4 Å². The number of carbonyl (C=O) groups excluding carboxylic acids is 1. The van der Waals surface area contributed by atoms with Gasteiger partial charge in [0.05, 0.1) is 17.3 Å². The third-order valence-corrected chi connectivity index (χ3v) is 4.26. The Labute approximate surface area is 139 Å². The van der Waals surface area contributed by atoms with Gasteiger partial charge in [0.2, 0.25) is 0 Å². The van der Waals surface area contributed by atoms with Crippen LogP contribution in [0.3, 0.4) is 0 Å². The van der Waals surface area contributed by atoms with Crippen molar-refractivity contribution in [3.8, 4) is 0 Å². The highest BCUT2D eigenvalue weighted by Crippen LogP contribution is 2.32. The minimum atomic E-state index is -0.332. The van der Waals surface area contributed by atoms with Crippen molar-refractivity contribution in [3.05, 3.63) is 57.9 Å². The lowest BCUT2D eigenvalue weighted by molar-refractivity contribution is 0.0931. The van der Waals surface area contributed by atoms with E-state index in [0.717, 1.165) is 24.0 Å². The second kappa shape index (κ2) is 6.24. The number of nitrogens with zero attached hydrogens (tertiary/aromatic N) is 2. The first-order valence-electron chi connectivity index (χ1n) is 7.57. The molecule has 0 bridgehead atoms. The van der Waals surface area contributed by atoms with Crippen molar-refractivity contribution >= 4 is 17.5 Å². The summed E-state index contributed by atoms with van der Waals surface area (Å²) in [6.45, 7) is 3.90. The van der Waals surface area contributed by atoms with Gasteiger partial charge in [0.1, 0.15) is 17.3 Å². The second-order valence-electron chi connectivity index (χ2n) is 5.99. The second-order valence-corrected chi connectivity index (χ2v) is 6.39. The van der Waals surface area contributed by atoms with Crippen LogP contribution in [-0.4, -0.2) is 15.9 Å². The van der Waals surface area contributed by atoms with Gasteiger partial charge in [-0.15, -0.1) is 0 Å². The molecule has 1 amide bonds. The van der Waals surface area contributed by atoms with E-state index in [-0.39, 0.29) is 34.4 Å². The number of fused-ring (bicyclic) bond motifs is 1. The van der Waals surface area contributed by atoms with E-state index in [1.54, 1.807) is 6.07 Å². The molecule has 1 N–H and O–H groups in total. The molecule has 1 aromatic carbocycles. The molecule has 2 aromatic rings. The number of amides is 1. The van der Waals surface area contributed by atoms with Gasteiger partial charge >= 0.3 is 0 Å². The minimum absolute atomic E-state index is 0.106. The van der Waals surface area contributed by atoms with E-state index < -0.39 is 0 Å². The monoisotopic (exact) mass is 333 g/mol. The standard InChI is InChI=1S/C17H17ClFN3O/c1-9(2)16-20-8-13(18)15(22-16)17(23)21-14-6-3-10-7-11(19)4-5-12(10)14/h4-5,7-9,14H,3,6H2,1-2H3,(H,21,23). The summed E-state index contributed by atoms with van der Waals surface area (Å²) in [5.74, 6) is 0.0973. The minimum Gasteiger partial charge on any atom is -0.344 e. The average Bonchev–Trinajstić information content (AvgIpc) is 2.89. The molecule has 0 fully saturated rings. The van der Waals surface area contributed by atoms with Gasteiger partial charge in [-0.3, -0.25) is 4.79 Å². The molecule has 3 rings (SSSR count). The predicted octanol–water partition coefficient (Wildman–Crippen LogP) is 3.81. The molecule has 1 aliphatic carbocycles. The van der Waals surface area contributed by atoms with Crippen LogP contribution in [0.1, 0.15) is 59.7 Å². The lowest BCUT2D eigenvalue weighted by atomic mass is 10.1. The largest absolute Gasteiger partial charge is 0.344 e. The van der Waals surface area contributed by atoms with Crippen molar-refractivity contribution < 1.29 is 9.18 Å². The molecule has 1 aromatic heterocycles. The SMILES string of the molecule is CC(C)c1ncc(Cl)c(C(=O)NC2CCc3cc(F)ccc32)n1. The maximum absolute atomic E-state index is 13.3. The summed E-state index contributed by atoms with van der Waals surface area (Å²) in [6, 6.07) is 4.52. The molecule has 0 aliphatic heterocycles. The first kappa shape index (κ1) is 15.9. The smallest absolute Gasteiger partial charge is 0.272 e. The van der Waals surface area contributed by atoms with Crippen molar-refractivity contribution in [2.45, 2.75) is 38.6 Å².